The van der Waals surface area contributed by atoms with Crippen molar-refractivity contribution in [1.82, 2.24) is 10.2 Å². The second-order valence-electron chi connectivity index (χ2n) is 6.00. The van der Waals surface area contributed by atoms with Crippen molar-refractivity contribution in [1.29, 1.82) is 0 Å². The third kappa shape index (κ3) is 4.79. The van der Waals surface area contributed by atoms with E-state index in [-0.39, 0.29) is 23.7 Å². The topological polar surface area (TPSA) is 41.6 Å². The minimum absolute atomic E-state index is 0.0815. The maximum absolute atomic E-state index is 13.1. The van der Waals surface area contributed by atoms with Gasteiger partial charge in [0, 0.05) is 25.2 Å². The second kappa shape index (κ2) is 7.00. The lowest BCUT2D eigenvalue weighted by Crippen LogP contribution is -2.55. The molecule has 1 amide bonds. The summed E-state index contributed by atoms with van der Waals surface area (Å²) in [5.41, 5.74) is 0.582. The van der Waals surface area contributed by atoms with Gasteiger partial charge in [0.15, 0.2) is 0 Å². The minimum Gasteiger partial charge on any atom is -0.379 e. The molecule has 1 aromatic rings. The summed E-state index contributed by atoms with van der Waals surface area (Å²) in [5.74, 6) is -0.393. The third-order valence-electron chi connectivity index (χ3n) is 3.84. The highest BCUT2D eigenvalue weighted by molar-refractivity contribution is 5.78. The molecule has 21 heavy (non-hydrogen) atoms. The number of carbonyl (C=O) groups excluding carboxylic acids is 1. The first-order valence-corrected chi connectivity index (χ1v) is 7.31. The van der Waals surface area contributed by atoms with Gasteiger partial charge in [0.25, 0.3) is 0 Å². The number of ether oxygens (including phenoxy) is 1. The summed E-state index contributed by atoms with van der Waals surface area (Å²) in [6.07, 6.45) is 0.205. The number of halogens is 1. The zero-order valence-electron chi connectivity index (χ0n) is 12.7. The Morgan fingerprint density at radius 1 is 1.38 bits per heavy atom. The lowest BCUT2D eigenvalue weighted by Gasteiger charge is -2.40. The predicted molar refractivity (Wildman–Crippen MR) is 79.6 cm³/mol. The van der Waals surface area contributed by atoms with Crippen LogP contribution >= 0.6 is 0 Å². The Hall–Kier alpha value is -1.46. The van der Waals surface area contributed by atoms with Gasteiger partial charge < -0.3 is 10.1 Å². The van der Waals surface area contributed by atoms with Crippen LogP contribution in [0.15, 0.2) is 24.3 Å². The fourth-order valence-electron chi connectivity index (χ4n) is 2.49. The molecule has 0 spiro atoms. The molecule has 1 aliphatic heterocycles. The molecule has 4 nitrogen and oxygen atoms in total. The normalized spacial score (nSPS) is 16.7. The standard InChI is InChI=1S/C16H23FN2O2/c1-16(2,19-6-8-21-9-7-19)12-18-15(20)11-13-4-3-5-14(17)10-13/h3-5,10H,6-9,11-12H2,1-2H3,(H,18,20). The molecule has 0 bridgehead atoms. The van der Waals surface area contributed by atoms with Crippen molar-refractivity contribution in [3.63, 3.8) is 0 Å². The monoisotopic (exact) mass is 294 g/mol. The summed E-state index contributed by atoms with van der Waals surface area (Å²) in [6.45, 7) is 8.03. The van der Waals surface area contributed by atoms with Crippen LogP contribution in [0.3, 0.4) is 0 Å². The molecule has 1 aromatic carbocycles. The summed E-state index contributed by atoms with van der Waals surface area (Å²) < 4.78 is 18.4. The molecule has 0 atom stereocenters. The van der Waals surface area contributed by atoms with E-state index in [0.717, 1.165) is 26.3 Å². The number of nitrogens with one attached hydrogen (secondary N) is 1. The lowest BCUT2D eigenvalue weighted by molar-refractivity contribution is -0.121. The van der Waals surface area contributed by atoms with Crippen LogP contribution in [0.1, 0.15) is 19.4 Å². The molecule has 1 aliphatic rings. The summed E-state index contributed by atoms with van der Waals surface area (Å²) >= 11 is 0. The van der Waals surface area contributed by atoms with Crippen LogP contribution < -0.4 is 5.32 Å². The van der Waals surface area contributed by atoms with E-state index in [1.807, 2.05) is 0 Å². The molecule has 0 unspecified atom stereocenters. The van der Waals surface area contributed by atoms with Crippen molar-refractivity contribution in [2.24, 2.45) is 0 Å². The molecule has 1 heterocycles. The number of hydrogen-bond acceptors (Lipinski definition) is 3. The molecule has 0 aliphatic carbocycles. The van der Waals surface area contributed by atoms with Crippen LogP contribution in [0.2, 0.25) is 0 Å². The summed E-state index contributed by atoms with van der Waals surface area (Å²) in [4.78, 5) is 14.3. The number of morpholine rings is 1. The largest absolute Gasteiger partial charge is 0.379 e. The average Bonchev–Trinajstić information content (AvgIpc) is 2.46. The molecular formula is C16H23FN2O2. The zero-order chi connectivity index (χ0) is 15.3. The first-order valence-electron chi connectivity index (χ1n) is 7.31. The van der Waals surface area contributed by atoms with E-state index in [4.69, 9.17) is 4.74 Å². The van der Waals surface area contributed by atoms with Gasteiger partial charge in [-0.25, -0.2) is 4.39 Å². The molecule has 2 rings (SSSR count). The molecular weight excluding hydrogens is 271 g/mol. The molecule has 0 saturated carbocycles. The second-order valence-corrected chi connectivity index (χ2v) is 6.00. The van der Waals surface area contributed by atoms with Gasteiger partial charge in [0.2, 0.25) is 5.91 Å². The van der Waals surface area contributed by atoms with E-state index >= 15 is 0 Å². The fourth-order valence-corrected chi connectivity index (χ4v) is 2.49. The van der Waals surface area contributed by atoms with Crippen molar-refractivity contribution >= 4 is 5.91 Å². The Labute approximate surface area is 125 Å². The quantitative estimate of drug-likeness (QED) is 0.897. The Kier molecular flexibility index (Phi) is 5.31. The van der Waals surface area contributed by atoms with Gasteiger partial charge in [-0.15, -0.1) is 0 Å². The van der Waals surface area contributed by atoms with E-state index in [2.05, 4.69) is 24.1 Å². The van der Waals surface area contributed by atoms with Crippen molar-refractivity contribution in [3.05, 3.63) is 35.6 Å². The molecule has 1 fully saturated rings. The summed E-state index contributed by atoms with van der Waals surface area (Å²) in [6, 6.07) is 6.15. The summed E-state index contributed by atoms with van der Waals surface area (Å²) in [7, 11) is 0. The van der Waals surface area contributed by atoms with Crippen molar-refractivity contribution < 1.29 is 13.9 Å². The van der Waals surface area contributed by atoms with E-state index in [9.17, 15) is 9.18 Å². The Morgan fingerprint density at radius 2 is 2.10 bits per heavy atom. The Bertz CT molecular complexity index is 485. The van der Waals surface area contributed by atoms with Gasteiger partial charge in [0.05, 0.1) is 19.6 Å². The first kappa shape index (κ1) is 15.9. The minimum atomic E-state index is -0.311. The molecule has 116 valence electrons. The maximum atomic E-state index is 13.1. The predicted octanol–water partition coefficient (Wildman–Crippen LogP) is 1.60. The van der Waals surface area contributed by atoms with Crippen molar-refractivity contribution in [2.45, 2.75) is 25.8 Å². The van der Waals surface area contributed by atoms with E-state index < -0.39 is 0 Å². The van der Waals surface area contributed by atoms with Gasteiger partial charge in [0.1, 0.15) is 5.82 Å². The van der Waals surface area contributed by atoms with Gasteiger partial charge in [-0.3, -0.25) is 9.69 Å². The zero-order valence-corrected chi connectivity index (χ0v) is 12.7. The highest BCUT2D eigenvalue weighted by Gasteiger charge is 2.28. The number of hydrogen-bond donors (Lipinski definition) is 1. The SMILES string of the molecule is CC(C)(CNC(=O)Cc1cccc(F)c1)N1CCOCC1. The van der Waals surface area contributed by atoms with Crippen LogP contribution in [0, 0.1) is 5.82 Å². The van der Waals surface area contributed by atoms with Gasteiger partial charge in [-0.1, -0.05) is 12.1 Å². The Balaban J connectivity index is 1.82. The molecule has 0 aromatic heterocycles. The molecule has 0 radical (unpaired) electrons. The smallest absolute Gasteiger partial charge is 0.224 e. The van der Waals surface area contributed by atoms with E-state index in [1.54, 1.807) is 12.1 Å². The lowest BCUT2D eigenvalue weighted by atomic mass is 10.0. The van der Waals surface area contributed by atoms with Crippen molar-refractivity contribution in [3.8, 4) is 0 Å². The number of nitrogens with zero attached hydrogens (tertiary/aromatic N) is 1. The molecule has 1 saturated heterocycles. The first-order chi connectivity index (χ1) is 9.97. The Morgan fingerprint density at radius 3 is 2.76 bits per heavy atom. The highest BCUT2D eigenvalue weighted by Crippen LogP contribution is 2.15. The number of benzene rings is 1. The maximum Gasteiger partial charge on any atom is 0.224 e. The van der Waals surface area contributed by atoms with Gasteiger partial charge in [-0.05, 0) is 31.5 Å². The van der Waals surface area contributed by atoms with Gasteiger partial charge in [-0.2, -0.15) is 0 Å². The fraction of sp³-hybridized carbons (Fsp3) is 0.562. The van der Waals surface area contributed by atoms with Crippen LogP contribution in [0.5, 0.6) is 0 Å². The van der Waals surface area contributed by atoms with Crippen LogP contribution in [0.4, 0.5) is 4.39 Å². The van der Waals surface area contributed by atoms with Crippen LogP contribution in [-0.4, -0.2) is 49.2 Å². The average molecular weight is 294 g/mol. The van der Waals surface area contributed by atoms with Crippen LogP contribution in [0.25, 0.3) is 0 Å². The summed E-state index contributed by atoms with van der Waals surface area (Å²) in [5, 5.41) is 2.94. The highest BCUT2D eigenvalue weighted by atomic mass is 19.1. The van der Waals surface area contributed by atoms with Gasteiger partial charge >= 0.3 is 0 Å². The number of amides is 1. The molecule has 1 N–H and O–H groups in total. The van der Waals surface area contributed by atoms with Crippen LogP contribution in [-0.2, 0) is 16.0 Å². The third-order valence-corrected chi connectivity index (χ3v) is 3.84. The number of rotatable bonds is 5. The van der Waals surface area contributed by atoms with E-state index in [1.165, 1.54) is 12.1 Å². The molecule has 5 heteroatoms. The number of carbonyl (C=O) groups is 1. The van der Waals surface area contributed by atoms with Crippen molar-refractivity contribution in [2.75, 3.05) is 32.8 Å². The van der Waals surface area contributed by atoms with E-state index in [0.29, 0.717) is 12.1 Å².